The first-order valence-corrected chi connectivity index (χ1v) is 6.88. The van der Waals surface area contributed by atoms with Gasteiger partial charge >= 0.3 is 6.03 Å². The van der Waals surface area contributed by atoms with Gasteiger partial charge in [-0.2, -0.15) is 0 Å². The average molecular weight is 258 g/mol. The highest BCUT2D eigenvalue weighted by molar-refractivity contribution is 5.74. The van der Waals surface area contributed by atoms with Crippen LogP contribution in [-0.2, 0) is 4.74 Å². The van der Waals surface area contributed by atoms with Gasteiger partial charge in [0.05, 0.1) is 18.8 Å². The number of carbonyl (C=O) groups excluding carboxylic acids is 1. The second kappa shape index (κ2) is 7.59. The molecule has 0 aromatic carbocycles. The number of aliphatic hydroxyl groups is 1. The summed E-state index contributed by atoms with van der Waals surface area (Å²) in [5.41, 5.74) is 0. The van der Waals surface area contributed by atoms with Crippen LogP contribution in [0.15, 0.2) is 0 Å². The molecule has 2 amide bonds. The molecule has 0 spiro atoms. The summed E-state index contributed by atoms with van der Waals surface area (Å²) in [6.07, 6.45) is 2.99. The number of carbonyl (C=O) groups is 1. The summed E-state index contributed by atoms with van der Waals surface area (Å²) in [6.45, 7) is 7.18. The Morgan fingerprint density at radius 3 is 2.44 bits per heavy atom. The van der Waals surface area contributed by atoms with Gasteiger partial charge < -0.3 is 20.1 Å². The van der Waals surface area contributed by atoms with Crippen molar-refractivity contribution in [2.45, 2.75) is 58.3 Å². The second-order valence-corrected chi connectivity index (χ2v) is 5.09. The predicted molar refractivity (Wildman–Crippen MR) is 70.5 cm³/mol. The van der Waals surface area contributed by atoms with Crippen molar-refractivity contribution in [1.82, 2.24) is 10.2 Å². The first-order chi connectivity index (χ1) is 8.56. The molecule has 0 saturated carbocycles. The van der Waals surface area contributed by atoms with Crippen molar-refractivity contribution in [2.24, 2.45) is 0 Å². The predicted octanol–water partition coefficient (Wildman–Crippen LogP) is 1.36. The highest BCUT2D eigenvalue weighted by Gasteiger charge is 2.26. The maximum absolute atomic E-state index is 12.1. The number of aliphatic hydroxyl groups excluding tert-OH is 1. The molecular weight excluding hydrogens is 232 g/mol. The number of rotatable bonds is 5. The third-order valence-corrected chi connectivity index (χ3v) is 3.18. The van der Waals surface area contributed by atoms with Crippen LogP contribution < -0.4 is 5.32 Å². The van der Waals surface area contributed by atoms with Crippen LogP contribution in [0.1, 0.15) is 40.0 Å². The molecule has 0 bridgehead atoms. The van der Waals surface area contributed by atoms with Crippen molar-refractivity contribution in [3.63, 3.8) is 0 Å². The molecule has 0 radical (unpaired) electrons. The van der Waals surface area contributed by atoms with Gasteiger partial charge in [0, 0.05) is 19.1 Å². The van der Waals surface area contributed by atoms with E-state index in [2.05, 4.69) is 5.32 Å². The first-order valence-electron chi connectivity index (χ1n) is 6.88. The van der Waals surface area contributed by atoms with Gasteiger partial charge in [-0.15, -0.1) is 0 Å². The number of nitrogens with one attached hydrogen (secondary N) is 1. The molecule has 5 nitrogen and oxygen atoms in total. The van der Waals surface area contributed by atoms with Gasteiger partial charge in [0.1, 0.15) is 0 Å². The molecule has 2 unspecified atom stereocenters. The molecule has 1 rings (SSSR count). The minimum atomic E-state index is -0.0720. The zero-order chi connectivity index (χ0) is 13.5. The lowest BCUT2D eigenvalue weighted by atomic mass is 10.00. The van der Waals surface area contributed by atoms with Gasteiger partial charge in [-0.3, -0.25) is 0 Å². The lowest BCUT2D eigenvalue weighted by Gasteiger charge is -2.34. The van der Waals surface area contributed by atoms with Crippen LogP contribution in [0.2, 0.25) is 0 Å². The van der Waals surface area contributed by atoms with Crippen LogP contribution in [0.5, 0.6) is 0 Å². The Morgan fingerprint density at radius 2 is 1.94 bits per heavy atom. The molecule has 0 aromatic rings. The van der Waals surface area contributed by atoms with Crippen molar-refractivity contribution >= 4 is 6.03 Å². The third-order valence-electron chi connectivity index (χ3n) is 3.18. The topological polar surface area (TPSA) is 61.8 Å². The van der Waals surface area contributed by atoms with E-state index in [1.54, 1.807) is 4.90 Å². The molecule has 1 aliphatic heterocycles. The fourth-order valence-corrected chi connectivity index (χ4v) is 2.49. The normalized spacial score (nSPS) is 27.9. The van der Waals surface area contributed by atoms with E-state index in [0.717, 1.165) is 19.3 Å². The van der Waals surface area contributed by atoms with Crippen molar-refractivity contribution in [3.05, 3.63) is 0 Å². The van der Waals surface area contributed by atoms with Crippen LogP contribution >= 0.6 is 0 Å². The lowest BCUT2D eigenvalue weighted by molar-refractivity contribution is -0.0407. The van der Waals surface area contributed by atoms with E-state index in [-0.39, 0.29) is 30.9 Å². The van der Waals surface area contributed by atoms with Crippen molar-refractivity contribution in [3.8, 4) is 0 Å². The lowest BCUT2D eigenvalue weighted by Crippen LogP contribution is -2.49. The van der Waals surface area contributed by atoms with Crippen LogP contribution in [-0.4, -0.2) is 54.0 Å². The van der Waals surface area contributed by atoms with E-state index in [1.807, 2.05) is 20.8 Å². The Kier molecular flexibility index (Phi) is 6.43. The summed E-state index contributed by atoms with van der Waals surface area (Å²) < 4.78 is 5.65. The van der Waals surface area contributed by atoms with Crippen molar-refractivity contribution in [2.75, 3.05) is 19.7 Å². The summed E-state index contributed by atoms with van der Waals surface area (Å²) in [5.74, 6) is 0. The van der Waals surface area contributed by atoms with Crippen molar-refractivity contribution in [1.29, 1.82) is 0 Å². The van der Waals surface area contributed by atoms with Gasteiger partial charge in [-0.1, -0.05) is 6.92 Å². The van der Waals surface area contributed by atoms with Gasteiger partial charge in [-0.05, 0) is 33.1 Å². The molecule has 1 fully saturated rings. The largest absolute Gasteiger partial charge is 0.395 e. The Balaban J connectivity index is 2.46. The van der Waals surface area contributed by atoms with E-state index in [0.29, 0.717) is 13.1 Å². The SMILES string of the molecule is CCCN(CCO)C(=O)NC1CC(C)OC(C)C1. The standard InChI is InChI=1S/C13H26N2O3/c1-4-5-15(6-7-16)13(17)14-12-8-10(2)18-11(3)9-12/h10-12,16H,4-9H2,1-3H3,(H,14,17). The minimum Gasteiger partial charge on any atom is -0.395 e. The van der Waals surface area contributed by atoms with Crippen LogP contribution in [0.25, 0.3) is 0 Å². The third kappa shape index (κ3) is 4.82. The molecule has 2 N–H and O–H groups in total. The minimum absolute atomic E-state index is 0.00794. The molecule has 1 saturated heterocycles. The monoisotopic (exact) mass is 258 g/mol. The second-order valence-electron chi connectivity index (χ2n) is 5.09. The number of amides is 2. The number of urea groups is 1. The van der Waals surface area contributed by atoms with E-state index >= 15 is 0 Å². The van der Waals surface area contributed by atoms with E-state index in [4.69, 9.17) is 9.84 Å². The summed E-state index contributed by atoms with van der Waals surface area (Å²) in [7, 11) is 0. The molecule has 0 aliphatic carbocycles. The van der Waals surface area contributed by atoms with Gasteiger partial charge in [0.15, 0.2) is 0 Å². The summed E-state index contributed by atoms with van der Waals surface area (Å²) in [6, 6.07) is 0.103. The number of ether oxygens (including phenoxy) is 1. The van der Waals surface area contributed by atoms with Gasteiger partial charge in [-0.25, -0.2) is 4.79 Å². The number of nitrogens with zero attached hydrogens (tertiary/aromatic N) is 1. The molecular formula is C13H26N2O3. The molecule has 2 atom stereocenters. The fraction of sp³-hybridized carbons (Fsp3) is 0.923. The number of hydrogen-bond donors (Lipinski definition) is 2. The van der Waals surface area contributed by atoms with Crippen LogP contribution in [0.3, 0.4) is 0 Å². The maximum Gasteiger partial charge on any atom is 0.317 e. The molecule has 18 heavy (non-hydrogen) atoms. The average Bonchev–Trinajstić information content (AvgIpc) is 2.27. The highest BCUT2D eigenvalue weighted by atomic mass is 16.5. The van der Waals surface area contributed by atoms with E-state index in [9.17, 15) is 4.79 Å². The molecule has 1 aliphatic rings. The summed E-state index contributed by atoms with van der Waals surface area (Å²) >= 11 is 0. The zero-order valence-electron chi connectivity index (χ0n) is 11.7. The first kappa shape index (κ1) is 15.2. The van der Waals surface area contributed by atoms with Crippen LogP contribution in [0.4, 0.5) is 4.79 Å². The summed E-state index contributed by atoms with van der Waals surface area (Å²) in [4.78, 5) is 13.7. The highest BCUT2D eigenvalue weighted by Crippen LogP contribution is 2.19. The Hall–Kier alpha value is -0.810. The molecule has 1 heterocycles. The number of hydrogen-bond acceptors (Lipinski definition) is 3. The maximum atomic E-state index is 12.1. The van der Waals surface area contributed by atoms with E-state index in [1.165, 1.54) is 0 Å². The quantitative estimate of drug-likeness (QED) is 0.782. The Morgan fingerprint density at radius 1 is 1.33 bits per heavy atom. The zero-order valence-corrected chi connectivity index (χ0v) is 11.7. The Bertz CT molecular complexity index is 245. The van der Waals surface area contributed by atoms with Crippen LogP contribution in [0, 0.1) is 0 Å². The fourth-order valence-electron chi connectivity index (χ4n) is 2.49. The smallest absolute Gasteiger partial charge is 0.317 e. The van der Waals surface area contributed by atoms with Crippen molar-refractivity contribution < 1.29 is 14.6 Å². The summed E-state index contributed by atoms with van der Waals surface area (Å²) in [5, 5.41) is 12.0. The Labute approximate surface area is 109 Å². The molecule has 106 valence electrons. The molecule has 0 aromatic heterocycles. The van der Waals surface area contributed by atoms with Gasteiger partial charge in [0.2, 0.25) is 0 Å². The van der Waals surface area contributed by atoms with Gasteiger partial charge in [0.25, 0.3) is 0 Å². The molecule has 5 heteroatoms. The van der Waals surface area contributed by atoms with E-state index < -0.39 is 0 Å².